The van der Waals surface area contributed by atoms with Crippen molar-refractivity contribution < 1.29 is 0 Å². The molecule has 39 valence electrons. The minimum absolute atomic E-state index is 0. The molecule has 0 atom stereocenters. The van der Waals surface area contributed by atoms with E-state index >= 15 is 0 Å². The predicted molar refractivity (Wildman–Crippen MR) is 50.2 cm³/mol. The summed E-state index contributed by atoms with van der Waals surface area (Å²) in [6.07, 6.45) is 0.750. The van der Waals surface area contributed by atoms with Gasteiger partial charge in [0, 0.05) is 96.2 Å². The van der Waals surface area contributed by atoms with Crippen LogP contribution in [0.4, 0.5) is 0 Å². The van der Waals surface area contributed by atoms with Gasteiger partial charge in [0.1, 0.15) is 0 Å². The van der Waals surface area contributed by atoms with Gasteiger partial charge < -0.3 is 5.73 Å². The van der Waals surface area contributed by atoms with Gasteiger partial charge in [-0.05, 0) is 0 Å². The molecule has 0 heterocycles. The largest absolute Gasteiger partial charge is 0.390 e. The Hall–Kier alpha value is 3.65. The van der Waals surface area contributed by atoms with Gasteiger partial charge in [-0.2, -0.15) is 0 Å². The maximum Gasteiger partial charge on any atom is 0.0765 e. The average Bonchev–Trinajstić information content (AvgIpc) is 0.918. The topological polar surface area (TPSA) is 49.9 Å². The van der Waals surface area contributed by atoms with Crippen LogP contribution in [0.3, 0.4) is 0 Å². The summed E-state index contributed by atoms with van der Waals surface area (Å²) in [5, 5.41) is 5.86. The molecule has 2 nitrogen and oxygen atoms in total. The van der Waals surface area contributed by atoms with E-state index < -0.39 is 0 Å². The molecule has 3 N–H and O–H groups in total. The summed E-state index contributed by atoms with van der Waals surface area (Å²) in [5.41, 5.74) is 4.39. The first kappa shape index (κ1) is 31.1. The number of nitrogens with one attached hydrogen (secondary N) is 1. The van der Waals surface area contributed by atoms with Gasteiger partial charge in [0.05, 0.1) is 6.34 Å². The van der Waals surface area contributed by atoms with Crippen LogP contribution in [-0.2, 0) is 0 Å². The summed E-state index contributed by atoms with van der Waals surface area (Å²) in [6, 6.07) is 0. The summed E-state index contributed by atoms with van der Waals surface area (Å²) in [4.78, 5) is 0. The van der Waals surface area contributed by atoms with Crippen molar-refractivity contribution in [2.45, 2.75) is 0 Å². The SMILES string of the molecule is Br.I.N=CN.[Cs].[Pb]. The van der Waals surface area contributed by atoms with Gasteiger partial charge in [0.15, 0.2) is 0 Å². The Morgan fingerprint density at radius 2 is 1.43 bits per heavy atom. The zero-order chi connectivity index (χ0) is 2.71. The van der Waals surface area contributed by atoms with E-state index in [1.54, 1.807) is 0 Å². The molecular weight excluding hydrogens is 587 g/mol. The first-order valence-corrected chi connectivity index (χ1v) is 0.622. The van der Waals surface area contributed by atoms with Crippen molar-refractivity contribution in [1.29, 1.82) is 5.41 Å². The van der Waals surface area contributed by atoms with Crippen molar-refractivity contribution in [3.8, 4) is 0 Å². The molecule has 0 saturated carbocycles. The summed E-state index contributed by atoms with van der Waals surface area (Å²) in [6.45, 7) is 0. The Morgan fingerprint density at radius 1 is 1.43 bits per heavy atom. The fraction of sp³-hybridized carbons (Fsp3) is 0. The third kappa shape index (κ3) is 42.4. The Labute approximate surface area is 150 Å². The second kappa shape index (κ2) is 33.4. The Bertz CT molecular complexity index is 25.2. The Kier molecular flexibility index (Phi) is 148. The molecule has 0 aliphatic heterocycles. The molecule has 0 aliphatic carbocycles. The van der Waals surface area contributed by atoms with Crippen molar-refractivity contribution in [1.82, 2.24) is 0 Å². The molecule has 0 saturated heterocycles. The molecule has 0 amide bonds. The molecule has 0 aromatic carbocycles. The van der Waals surface area contributed by atoms with Crippen LogP contribution in [-0.4, -0.2) is 103 Å². The van der Waals surface area contributed by atoms with Gasteiger partial charge in [0.25, 0.3) is 0 Å². The number of rotatable bonds is 0. The molecule has 0 unspecified atom stereocenters. The van der Waals surface area contributed by atoms with Crippen molar-refractivity contribution in [2.24, 2.45) is 5.73 Å². The molecule has 0 aliphatic rings. The van der Waals surface area contributed by atoms with Crippen molar-refractivity contribution in [2.75, 3.05) is 0 Å². The second-order valence-electron chi connectivity index (χ2n) is 0.167. The number of halogens is 2. The average molecular weight is 593 g/mol. The quantitative estimate of drug-likeness (QED) is 0.177. The fourth-order valence-electron chi connectivity index (χ4n) is 0. The van der Waals surface area contributed by atoms with Crippen molar-refractivity contribution in [3.63, 3.8) is 0 Å². The van der Waals surface area contributed by atoms with E-state index in [2.05, 4.69) is 5.73 Å². The van der Waals surface area contributed by atoms with E-state index in [0.717, 1.165) is 6.34 Å². The first-order chi connectivity index (χ1) is 1.41. The van der Waals surface area contributed by atoms with E-state index in [-0.39, 0.29) is 137 Å². The van der Waals surface area contributed by atoms with Crippen molar-refractivity contribution >= 4 is 143 Å². The van der Waals surface area contributed by atoms with Gasteiger partial charge in [-0.15, -0.1) is 41.0 Å². The number of hydrogen-bond donors (Lipinski definition) is 2. The van der Waals surface area contributed by atoms with Crippen LogP contribution in [0.1, 0.15) is 0 Å². The van der Waals surface area contributed by atoms with Crippen LogP contribution in [0.2, 0.25) is 0 Å². The molecule has 7 heavy (non-hydrogen) atoms. The normalized spacial score (nSPS) is 1.71. The molecule has 0 fully saturated rings. The minimum atomic E-state index is 0. The van der Waals surface area contributed by atoms with E-state index in [1.165, 1.54) is 0 Å². The predicted octanol–water partition coefficient (Wildman–Crippen LogP) is -0.0135. The molecule has 5 radical (unpaired) electrons. The van der Waals surface area contributed by atoms with Gasteiger partial charge in [-0.3, -0.25) is 5.41 Å². The summed E-state index contributed by atoms with van der Waals surface area (Å²) < 4.78 is 0. The molecule has 0 bridgehead atoms. The first-order valence-electron chi connectivity index (χ1n) is 0.622. The van der Waals surface area contributed by atoms with Crippen LogP contribution in [0, 0.1) is 5.41 Å². The maximum atomic E-state index is 5.86. The third-order valence-electron chi connectivity index (χ3n) is 0. The van der Waals surface area contributed by atoms with Crippen LogP contribution >= 0.6 is 41.0 Å². The number of hydrogen-bond acceptors (Lipinski definition) is 1. The summed E-state index contributed by atoms with van der Waals surface area (Å²) in [7, 11) is 0. The number of nitrogens with two attached hydrogens (primary N) is 1. The maximum absolute atomic E-state index is 5.86. The molecule has 6 heteroatoms. The van der Waals surface area contributed by atoms with Crippen molar-refractivity contribution in [3.05, 3.63) is 0 Å². The molecular formula is CH6BrCsIN2Pb. The van der Waals surface area contributed by atoms with E-state index in [4.69, 9.17) is 5.41 Å². The molecule has 0 rings (SSSR count). The third-order valence-corrected chi connectivity index (χ3v) is 0. The Morgan fingerprint density at radius 3 is 1.43 bits per heavy atom. The van der Waals surface area contributed by atoms with Gasteiger partial charge >= 0.3 is 0 Å². The summed E-state index contributed by atoms with van der Waals surface area (Å²) in [5.74, 6) is 0. The molecule has 0 aromatic rings. The second-order valence-corrected chi connectivity index (χ2v) is 0.167. The van der Waals surface area contributed by atoms with Crippen LogP contribution < -0.4 is 5.73 Å². The minimum Gasteiger partial charge on any atom is -0.390 e. The molecule has 0 aromatic heterocycles. The standard InChI is InChI=1S/CH4N2.BrH.Cs.HI.Pb/c2-1-3;;;;/h1H,(H3,2,3);1H;;1H;. The summed E-state index contributed by atoms with van der Waals surface area (Å²) >= 11 is 0. The van der Waals surface area contributed by atoms with E-state index in [1.807, 2.05) is 0 Å². The van der Waals surface area contributed by atoms with Crippen LogP contribution in [0.15, 0.2) is 0 Å². The smallest absolute Gasteiger partial charge is 0.0765 e. The monoisotopic (exact) mass is 593 g/mol. The van der Waals surface area contributed by atoms with Gasteiger partial charge in [-0.25, -0.2) is 0 Å². The van der Waals surface area contributed by atoms with Crippen LogP contribution in [0.25, 0.3) is 0 Å². The van der Waals surface area contributed by atoms with E-state index in [9.17, 15) is 0 Å². The fourth-order valence-corrected chi connectivity index (χ4v) is 0. The van der Waals surface area contributed by atoms with Gasteiger partial charge in [-0.1, -0.05) is 0 Å². The van der Waals surface area contributed by atoms with Crippen LogP contribution in [0.5, 0.6) is 0 Å². The van der Waals surface area contributed by atoms with Gasteiger partial charge in [0.2, 0.25) is 0 Å². The molecule has 0 spiro atoms. The zero-order valence-corrected chi connectivity index (χ0v) is 18.2. The zero-order valence-electron chi connectivity index (χ0n) is 3.97. The van der Waals surface area contributed by atoms with E-state index in [0.29, 0.717) is 0 Å². The Balaban J connectivity index is -0.00000000333.